The zero-order valence-electron chi connectivity index (χ0n) is 7.99. The summed E-state index contributed by atoms with van der Waals surface area (Å²) in [5.74, 6) is 0.323. The van der Waals surface area contributed by atoms with E-state index in [1.807, 2.05) is 0 Å². The van der Waals surface area contributed by atoms with Gasteiger partial charge in [0.25, 0.3) is 0 Å². The molecular formula is C8H18N2O2S. The summed E-state index contributed by atoms with van der Waals surface area (Å²) in [6.45, 7) is 0.577. The lowest BCUT2D eigenvalue weighted by atomic mass is 9.85. The Hall–Kier alpha value is -0.130. The molecule has 0 spiro atoms. The standard InChI is InChI=1S/C8H18N2O2S/c1-13(11,12)10-8-5-3-2-4-7(8)6-9/h7-8,10H,2-6,9H2,1H3/t7-,8+/m1/s1. The molecule has 78 valence electrons. The van der Waals surface area contributed by atoms with E-state index in [1.165, 1.54) is 12.7 Å². The van der Waals surface area contributed by atoms with E-state index in [0.29, 0.717) is 12.5 Å². The molecule has 0 saturated heterocycles. The zero-order chi connectivity index (χ0) is 9.90. The summed E-state index contributed by atoms with van der Waals surface area (Å²) in [7, 11) is -3.07. The molecule has 1 saturated carbocycles. The Bertz CT molecular complexity index is 251. The van der Waals surface area contributed by atoms with Gasteiger partial charge in [-0.15, -0.1) is 0 Å². The first-order chi connectivity index (χ1) is 6.03. The molecule has 1 aliphatic carbocycles. The number of hydrogen-bond donors (Lipinski definition) is 2. The van der Waals surface area contributed by atoms with Gasteiger partial charge >= 0.3 is 0 Å². The minimum Gasteiger partial charge on any atom is -0.330 e. The zero-order valence-corrected chi connectivity index (χ0v) is 8.81. The van der Waals surface area contributed by atoms with Crippen molar-refractivity contribution in [1.29, 1.82) is 0 Å². The lowest BCUT2D eigenvalue weighted by molar-refractivity contribution is 0.296. The monoisotopic (exact) mass is 206 g/mol. The van der Waals surface area contributed by atoms with Crippen molar-refractivity contribution in [2.75, 3.05) is 12.8 Å². The van der Waals surface area contributed by atoms with Gasteiger partial charge in [-0.3, -0.25) is 0 Å². The lowest BCUT2D eigenvalue weighted by Crippen LogP contribution is -2.44. The highest BCUT2D eigenvalue weighted by Gasteiger charge is 2.25. The fourth-order valence-electron chi connectivity index (χ4n) is 1.92. The first-order valence-corrected chi connectivity index (χ1v) is 6.59. The maximum absolute atomic E-state index is 11.0. The molecule has 0 aromatic rings. The molecule has 0 unspecified atom stereocenters. The van der Waals surface area contributed by atoms with Crippen molar-refractivity contribution in [3.05, 3.63) is 0 Å². The van der Waals surface area contributed by atoms with Crippen LogP contribution >= 0.6 is 0 Å². The SMILES string of the molecule is CS(=O)(=O)N[C@H]1CCCC[C@@H]1CN. The predicted molar refractivity (Wildman–Crippen MR) is 52.8 cm³/mol. The van der Waals surface area contributed by atoms with Gasteiger partial charge < -0.3 is 5.73 Å². The van der Waals surface area contributed by atoms with Crippen molar-refractivity contribution >= 4 is 10.0 Å². The van der Waals surface area contributed by atoms with E-state index in [2.05, 4.69) is 4.72 Å². The van der Waals surface area contributed by atoms with Crippen LogP contribution in [0.4, 0.5) is 0 Å². The number of sulfonamides is 1. The molecule has 2 atom stereocenters. The normalized spacial score (nSPS) is 30.3. The molecule has 3 N–H and O–H groups in total. The molecule has 13 heavy (non-hydrogen) atoms. The largest absolute Gasteiger partial charge is 0.330 e. The van der Waals surface area contributed by atoms with Crippen molar-refractivity contribution in [2.45, 2.75) is 31.7 Å². The highest BCUT2D eigenvalue weighted by molar-refractivity contribution is 7.88. The quantitative estimate of drug-likeness (QED) is 0.685. The van der Waals surface area contributed by atoms with Gasteiger partial charge in [-0.2, -0.15) is 0 Å². The van der Waals surface area contributed by atoms with Crippen LogP contribution in [0.5, 0.6) is 0 Å². The summed E-state index contributed by atoms with van der Waals surface area (Å²) >= 11 is 0. The Morgan fingerprint density at radius 3 is 2.54 bits per heavy atom. The van der Waals surface area contributed by atoms with E-state index >= 15 is 0 Å². The van der Waals surface area contributed by atoms with E-state index in [-0.39, 0.29) is 6.04 Å². The second kappa shape index (κ2) is 4.39. The smallest absolute Gasteiger partial charge is 0.208 e. The number of nitrogens with one attached hydrogen (secondary N) is 1. The van der Waals surface area contributed by atoms with Crippen LogP contribution in [0.2, 0.25) is 0 Å². The van der Waals surface area contributed by atoms with E-state index < -0.39 is 10.0 Å². The fourth-order valence-corrected chi connectivity index (χ4v) is 2.78. The van der Waals surface area contributed by atoms with Gasteiger partial charge in [0.1, 0.15) is 0 Å². The van der Waals surface area contributed by atoms with Crippen molar-refractivity contribution in [3.8, 4) is 0 Å². The third kappa shape index (κ3) is 3.62. The van der Waals surface area contributed by atoms with Gasteiger partial charge in [0.2, 0.25) is 10.0 Å². The molecule has 1 aliphatic rings. The van der Waals surface area contributed by atoms with Gasteiger partial charge in [0.05, 0.1) is 6.26 Å². The van der Waals surface area contributed by atoms with Gasteiger partial charge in [-0.1, -0.05) is 12.8 Å². The first-order valence-electron chi connectivity index (χ1n) is 4.70. The van der Waals surface area contributed by atoms with E-state index in [0.717, 1.165) is 19.3 Å². The summed E-state index contributed by atoms with van der Waals surface area (Å²) in [6.07, 6.45) is 5.45. The second-order valence-corrected chi connectivity index (χ2v) is 5.56. The number of hydrogen-bond acceptors (Lipinski definition) is 3. The molecule has 0 heterocycles. The van der Waals surface area contributed by atoms with Crippen LogP contribution in [0, 0.1) is 5.92 Å². The second-order valence-electron chi connectivity index (χ2n) is 3.78. The molecule has 1 fully saturated rings. The van der Waals surface area contributed by atoms with E-state index in [9.17, 15) is 8.42 Å². The summed E-state index contributed by atoms with van der Waals surface area (Å²) in [5, 5.41) is 0. The molecule has 0 aromatic heterocycles. The van der Waals surface area contributed by atoms with Crippen molar-refractivity contribution in [2.24, 2.45) is 11.7 Å². The molecule has 0 amide bonds. The summed E-state index contributed by atoms with van der Waals surface area (Å²) in [6, 6.07) is 0.0637. The van der Waals surface area contributed by atoms with Gasteiger partial charge in [-0.25, -0.2) is 13.1 Å². The summed E-state index contributed by atoms with van der Waals surface area (Å²) in [4.78, 5) is 0. The highest BCUT2D eigenvalue weighted by atomic mass is 32.2. The molecule has 0 aromatic carbocycles. The first kappa shape index (κ1) is 10.9. The Morgan fingerprint density at radius 1 is 1.38 bits per heavy atom. The molecular weight excluding hydrogens is 188 g/mol. The van der Waals surface area contributed by atoms with Gasteiger partial charge in [0.15, 0.2) is 0 Å². The molecule has 0 aliphatic heterocycles. The van der Waals surface area contributed by atoms with Crippen LogP contribution < -0.4 is 10.5 Å². The topological polar surface area (TPSA) is 72.2 Å². The molecule has 1 rings (SSSR count). The average Bonchev–Trinajstić information content (AvgIpc) is 2.02. The molecule has 0 radical (unpaired) electrons. The minimum atomic E-state index is -3.07. The summed E-state index contributed by atoms with van der Waals surface area (Å²) in [5.41, 5.74) is 5.58. The lowest BCUT2D eigenvalue weighted by Gasteiger charge is -2.30. The Labute approximate surface area is 79.9 Å². The van der Waals surface area contributed by atoms with Gasteiger partial charge in [0, 0.05) is 6.04 Å². The van der Waals surface area contributed by atoms with Crippen LogP contribution in [0.1, 0.15) is 25.7 Å². The minimum absolute atomic E-state index is 0.0637. The van der Waals surface area contributed by atoms with Crippen LogP contribution in [-0.4, -0.2) is 27.3 Å². The molecule has 5 heteroatoms. The number of nitrogens with two attached hydrogens (primary N) is 1. The maximum Gasteiger partial charge on any atom is 0.208 e. The van der Waals surface area contributed by atoms with Crippen molar-refractivity contribution in [3.63, 3.8) is 0 Å². The Kier molecular flexibility index (Phi) is 3.70. The Morgan fingerprint density at radius 2 is 2.00 bits per heavy atom. The van der Waals surface area contributed by atoms with Gasteiger partial charge in [-0.05, 0) is 25.3 Å². The van der Waals surface area contributed by atoms with Crippen LogP contribution in [0.3, 0.4) is 0 Å². The third-order valence-electron chi connectivity index (χ3n) is 2.58. The third-order valence-corrected chi connectivity index (χ3v) is 3.31. The maximum atomic E-state index is 11.0. The van der Waals surface area contributed by atoms with Crippen molar-refractivity contribution in [1.82, 2.24) is 4.72 Å². The van der Waals surface area contributed by atoms with Crippen molar-refractivity contribution < 1.29 is 8.42 Å². The predicted octanol–water partition coefficient (Wildman–Crippen LogP) is 0.0531. The number of rotatable bonds is 3. The highest BCUT2D eigenvalue weighted by Crippen LogP contribution is 2.23. The molecule has 4 nitrogen and oxygen atoms in total. The van der Waals surface area contributed by atoms with Crippen LogP contribution in [0.25, 0.3) is 0 Å². The fraction of sp³-hybridized carbons (Fsp3) is 1.00. The van der Waals surface area contributed by atoms with E-state index in [4.69, 9.17) is 5.73 Å². The Balaban J connectivity index is 2.55. The average molecular weight is 206 g/mol. The van der Waals surface area contributed by atoms with Crippen LogP contribution in [-0.2, 0) is 10.0 Å². The van der Waals surface area contributed by atoms with Crippen LogP contribution in [0.15, 0.2) is 0 Å². The molecule has 0 bridgehead atoms. The van der Waals surface area contributed by atoms with E-state index in [1.54, 1.807) is 0 Å². The summed E-state index contributed by atoms with van der Waals surface area (Å²) < 4.78 is 24.7.